The third-order valence-electron chi connectivity index (χ3n) is 5.05. The van der Waals surface area contributed by atoms with Gasteiger partial charge in [0.25, 0.3) is 0 Å². The molecule has 1 aliphatic carbocycles. The van der Waals surface area contributed by atoms with Crippen LogP contribution >= 0.6 is 0 Å². The summed E-state index contributed by atoms with van der Waals surface area (Å²) in [4.78, 5) is 4.14. The zero-order chi connectivity index (χ0) is 13.3. The normalized spacial score (nSPS) is 29.3. The van der Waals surface area contributed by atoms with E-state index in [9.17, 15) is 5.11 Å². The number of hydrogen-bond acceptors (Lipinski definition) is 3. The molecule has 1 saturated heterocycles. The van der Waals surface area contributed by atoms with Crippen molar-refractivity contribution < 1.29 is 9.84 Å². The highest BCUT2D eigenvalue weighted by Gasteiger charge is 2.45. The second-order valence-corrected chi connectivity index (χ2v) is 6.32. The van der Waals surface area contributed by atoms with Crippen molar-refractivity contribution >= 4 is 0 Å². The lowest BCUT2D eigenvalue weighted by molar-refractivity contribution is -0.138. The minimum absolute atomic E-state index is 0.0507. The van der Waals surface area contributed by atoms with Crippen molar-refractivity contribution in [3.63, 3.8) is 0 Å². The summed E-state index contributed by atoms with van der Waals surface area (Å²) in [5.41, 5.74) is 0.179. The third-order valence-corrected chi connectivity index (χ3v) is 5.05. The van der Waals surface area contributed by atoms with Crippen molar-refractivity contribution in [2.75, 3.05) is 6.61 Å². The molecule has 2 atom stereocenters. The van der Waals surface area contributed by atoms with E-state index in [2.05, 4.69) is 4.98 Å². The van der Waals surface area contributed by atoms with Gasteiger partial charge in [-0.25, -0.2) is 0 Å². The molecule has 0 bridgehead atoms. The Balaban J connectivity index is 1.81. The first-order chi connectivity index (χ1) is 9.12. The van der Waals surface area contributed by atoms with E-state index in [-0.39, 0.29) is 11.5 Å². The van der Waals surface area contributed by atoms with Gasteiger partial charge in [0, 0.05) is 24.6 Å². The van der Waals surface area contributed by atoms with Gasteiger partial charge in [0.2, 0.25) is 0 Å². The van der Waals surface area contributed by atoms with Crippen molar-refractivity contribution in [3.05, 3.63) is 30.1 Å². The molecule has 1 N–H and O–H groups in total. The summed E-state index contributed by atoms with van der Waals surface area (Å²) in [5, 5.41) is 11.0. The zero-order valence-electron chi connectivity index (χ0n) is 11.6. The van der Waals surface area contributed by atoms with E-state index in [1.807, 2.05) is 19.1 Å². The van der Waals surface area contributed by atoms with E-state index in [4.69, 9.17) is 4.74 Å². The van der Waals surface area contributed by atoms with Gasteiger partial charge in [-0.1, -0.05) is 18.9 Å². The first-order valence-electron chi connectivity index (χ1n) is 7.39. The van der Waals surface area contributed by atoms with E-state index >= 15 is 0 Å². The molecule has 1 aromatic heterocycles. The molecule has 2 aliphatic rings. The van der Waals surface area contributed by atoms with Crippen LogP contribution in [-0.2, 0) is 10.3 Å². The molecule has 1 aromatic rings. The number of rotatable bonds is 2. The lowest BCUT2D eigenvalue weighted by atomic mass is 9.73. The summed E-state index contributed by atoms with van der Waals surface area (Å²) in [6.07, 6.45) is 10.3. The van der Waals surface area contributed by atoms with Crippen LogP contribution in [-0.4, -0.2) is 22.3 Å². The molecule has 2 fully saturated rings. The van der Waals surface area contributed by atoms with Crippen LogP contribution in [0.5, 0.6) is 0 Å². The van der Waals surface area contributed by atoms with Crippen LogP contribution in [0.3, 0.4) is 0 Å². The highest BCUT2D eigenvalue weighted by molar-refractivity contribution is 5.19. The summed E-state index contributed by atoms with van der Waals surface area (Å²) in [6.45, 7) is 2.71. The van der Waals surface area contributed by atoms with Crippen molar-refractivity contribution in [2.45, 2.75) is 56.7 Å². The van der Waals surface area contributed by atoms with Crippen LogP contribution in [0.25, 0.3) is 0 Å². The fourth-order valence-electron chi connectivity index (χ4n) is 3.77. The Labute approximate surface area is 115 Å². The monoisotopic (exact) mass is 261 g/mol. The number of pyridine rings is 1. The van der Waals surface area contributed by atoms with E-state index in [0.29, 0.717) is 0 Å². The fraction of sp³-hybridized carbons (Fsp3) is 0.688. The van der Waals surface area contributed by atoms with Crippen molar-refractivity contribution in [1.29, 1.82) is 0 Å². The topological polar surface area (TPSA) is 42.4 Å². The fourth-order valence-corrected chi connectivity index (χ4v) is 3.77. The molecule has 19 heavy (non-hydrogen) atoms. The Morgan fingerprint density at radius 3 is 2.89 bits per heavy atom. The van der Waals surface area contributed by atoms with E-state index < -0.39 is 5.60 Å². The average Bonchev–Trinajstić information content (AvgIpc) is 2.88. The molecular formula is C16H23NO2. The maximum absolute atomic E-state index is 11.0. The molecule has 3 heteroatoms. The van der Waals surface area contributed by atoms with E-state index in [1.54, 1.807) is 12.4 Å². The molecule has 2 unspecified atom stereocenters. The Kier molecular flexibility index (Phi) is 3.35. The summed E-state index contributed by atoms with van der Waals surface area (Å²) in [5.74, 6) is 0.267. The minimum atomic E-state index is -0.798. The first kappa shape index (κ1) is 13.1. The van der Waals surface area contributed by atoms with Crippen LogP contribution in [0.2, 0.25) is 0 Å². The Bertz CT molecular complexity index is 424. The number of nitrogens with zero attached hydrogens (tertiary/aromatic N) is 1. The Morgan fingerprint density at radius 1 is 1.42 bits per heavy atom. The highest BCUT2D eigenvalue weighted by atomic mass is 16.5. The van der Waals surface area contributed by atoms with Gasteiger partial charge in [-0.3, -0.25) is 4.98 Å². The van der Waals surface area contributed by atoms with Crippen LogP contribution in [0.4, 0.5) is 0 Å². The van der Waals surface area contributed by atoms with Gasteiger partial charge in [0.05, 0.1) is 11.2 Å². The van der Waals surface area contributed by atoms with Gasteiger partial charge in [-0.15, -0.1) is 0 Å². The lowest BCUT2D eigenvalue weighted by Crippen LogP contribution is -2.44. The predicted molar refractivity (Wildman–Crippen MR) is 73.7 cm³/mol. The van der Waals surface area contributed by atoms with Gasteiger partial charge in [0.1, 0.15) is 0 Å². The van der Waals surface area contributed by atoms with Gasteiger partial charge in [-0.05, 0) is 44.6 Å². The molecule has 0 amide bonds. The first-order valence-corrected chi connectivity index (χ1v) is 7.39. The molecular weight excluding hydrogens is 238 g/mol. The molecule has 2 heterocycles. The van der Waals surface area contributed by atoms with Gasteiger partial charge in [-0.2, -0.15) is 0 Å². The van der Waals surface area contributed by atoms with Gasteiger partial charge >= 0.3 is 0 Å². The SMILES string of the molecule is CC(O)(c1cccnc1)C1CCOC2(CCCC2)C1. The Hall–Kier alpha value is -0.930. The molecule has 1 aliphatic heterocycles. The third kappa shape index (κ3) is 2.41. The quantitative estimate of drug-likeness (QED) is 0.889. The van der Waals surface area contributed by atoms with Crippen LogP contribution in [0.1, 0.15) is 51.0 Å². The van der Waals surface area contributed by atoms with Crippen molar-refractivity contribution in [1.82, 2.24) is 4.98 Å². The minimum Gasteiger partial charge on any atom is -0.385 e. The zero-order valence-corrected chi connectivity index (χ0v) is 11.6. The van der Waals surface area contributed by atoms with Crippen molar-refractivity contribution in [3.8, 4) is 0 Å². The number of ether oxygens (including phenoxy) is 1. The number of aromatic nitrogens is 1. The smallest absolute Gasteiger partial charge is 0.0913 e. The second kappa shape index (κ2) is 4.88. The Morgan fingerprint density at radius 2 is 2.21 bits per heavy atom. The molecule has 0 radical (unpaired) electrons. The van der Waals surface area contributed by atoms with Crippen LogP contribution in [0, 0.1) is 5.92 Å². The lowest BCUT2D eigenvalue weighted by Gasteiger charge is -2.44. The van der Waals surface area contributed by atoms with Crippen LogP contribution in [0.15, 0.2) is 24.5 Å². The standard InChI is InChI=1S/C16H23NO2/c1-15(18,14-5-4-9-17-12-14)13-6-10-19-16(11-13)7-2-3-8-16/h4-5,9,12-13,18H,2-3,6-8,10-11H2,1H3. The van der Waals surface area contributed by atoms with E-state index in [0.717, 1.165) is 37.9 Å². The van der Waals surface area contributed by atoms with E-state index in [1.165, 1.54) is 12.8 Å². The maximum atomic E-state index is 11.0. The predicted octanol–water partition coefficient (Wildman–Crippen LogP) is 3.03. The summed E-state index contributed by atoms with van der Waals surface area (Å²) >= 11 is 0. The van der Waals surface area contributed by atoms with Crippen molar-refractivity contribution in [2.24, 2.45) is 5.92 Å². The molecule has 1 spiro atoms. The summed E-state index contributed by atoms with van der Waals surface area (Å²) < 4.78 is 6.06. The van der Waals surface area contributed by atoms with Gasteiger partial charge < -0.3 is 9.84 Å². The average molecular weight is 261 g/mol. The van der Waals surface area contributed by atoms with Crippen LogP contribution < -0.4 is 0 Å². The maximum Gasteiger partial charge on any atom is 0.0913 e. The van der Waals surface area contributed by atoms with Gasteiger partial charge in [0.15, 0.2) is 0 Å². The number of aliphatic hydroxyl groups is 1. The largest absolute Gasteiger partial charge is 0.385 e. The molecule has 104 valence electrons. The molecule has 1 saturated carbocycles. The second-order valence-electron chi connectivity index (χ2n) is 6.32. The summed E-state index contributed by atoms with van der Waals surface area (Å²) in [7, 11) is 0. The molecule has 0 aromatic carbocycles. The number of hydrogen-bond donors (Lipinski definition) is 1. The molecule has 3 nitrogen and oxygen atoms in total. The highest BCUT2D eigenvalue weighted by Crippen LogP contribution is 2.47. The summed E-state index contributed by atoms with van der Waals surface area (Å²) in [6, 6.07) is 3.87. The molecule has 3 rings (SSSR count).